The van der Waals surface area contributed by atoms with Crippen LogP contribution in [0.2, 0.25) is 0 Å². The van der Waals surface area contributed by atoms with Crippen molar-refractivity contribution < 1.29 is 4.39 Å². The van der Waals surface area contributed by atoms with Crippen molar-refractivity contribution in [3.8, 4) is 0 Å². The van der Waals surface area contributed by atoms with Gasteiger partial charge in [-0.2, -0.15) is 0 Å². The second kappa shape index (κ2) is 3.88. The van der Waals surface area contributed by atoms with Gasteiger partial charge in [-0.15, -0.1) is 0 Å². The quantitative estimate of drug-likeness (QED) is 0.518. The average Bonchev–Trinajstić information content (AvgIpc) is 1.98. The number of alkyl halides is 1. The van der Waals surface area contributed by atoms with Crippen LogP contribution in [0.5, 0.6) is 0 Å². The molecular formula is C11H17F. The minimum Gasteiger partial charge on any atom is -0.247 e. The second-order valence-corrected chi connectivity index (χ2v) is 3.87. The summed E-state index contributed by atoms with van der Waals surface area (Å²) in [5, 5.41) is 0. The fourth-order valence-electron chi connectivity index (χ4n) is 1.67. The fraction of sp³-hybridized carbons (Fsp3) is 0.636. The van der Waals surface area contributed by atoms with Crippen LogP contribution in [0.3, 0.4) is 0 Å². The minimum atomic E-state index is -0.663. The van der Waals surface area contributed by atoms with Gasteiger partial charge in [0.15, 0.2) is 0 Å². The van der Waals surface area contributed by atoms with Crippen molar-refractivity contribution in [3.05, 3.63) is 23.3 Å². The van der Waals surface area contributed by atoms with Crippen LogP contribution in [0, 0.1) is 5.92 Å². The minimum absolute atomic E-state index is 0.172. The van der Waals surface area contributed by atoms with Gasteiger partial charge in [0, 0.05) is 0 Å². The molecule has 0 aliphatic heterocycles. The van der Waals surface area contributed by atoms with Gasteiger partial charge in [-0.1, -0.05) is 30.2 Å². The molecule has 0 aromatic carbocycles. The van der Waals surface area contributed by atoms with Crippen molar-refractivity contribution >= 4 is 0 Å². The van der Waals surface area contributed by atoms with Crippen LogP contribution in [0.25, 0.3) is 0 Å². The Balaban J connectivity index is 2.76. The van der Waals surface area contributed by atoms with E-state index in [-0.39, 0.29) is 5.92 Å². The van der Waals surface area contributed by atoms with Crippen LogP contribution in [-0.4, -0.2) is 6.17 Å². The van der Waals surface area contributed by atoms with E-state index in [1.807, 2.05) is 19.9 Å². The van der Waals surface area contributed by atoms with E-state index in [9.17, 15) is 4.39 Å². The molecule has 0 radical (unpaired) electrons. The van der Waals surface area contributed by atoms with E-state index in [0.29, 0.717) is 6.42 Å². The molecule has 0 heterocycles. The molecule has 0 N–H and O–H groups in total. The van der Waals surface area contributed by atoms with Gasteiger partial charge < -0.3 is 0 Å². The van der Waals surface area contributed by atoms with E-state index in [0.717, 1.165) is 6.42 Å². The zero-order valence-corrected chi connectivity index (χ0v) is 8.10. The standard InChI is InChI=1S/C11H17F/c1-8-4-5-11(12)10(3)7-9(2)6-8/h4,6,10-11H,5,7H2,1-3H3. The molecule has 1 heteroatoms. The summed E-state index contributed by atoms with van der Waals surface area (Å²) in [7, 11) is 0. The molecule has 2 atom stereocenters. The lowest BCUT2D eigenvalue weighted by Crippen LogP contribution is -2.13. The van der Waals surface area contributed by atoms with Crippen LogP contribution >= 0.6 is 0 Å². The number of hydrogen-bond acceptors (Lipinski definition) is 0. The molecule has 0 saturated heterocycles. The maximum absolute atomic E-state index is 13.3. The Bertz CT molecular complexity index is 213. The topological polar surface area (TPSA) is 0 Å². The van der Waals surface area contributed by atoms with Crippen molar-refractivity contribution in [1.29, 1.82) is 0 Å². The van der Waals surface area contributed by atoms with Gasteiger partial charge in [0.25, 0.3) is 0 Å². The molecule has 0 aromatic heterocycles. The SMILES string of the molecule is CC1=CCC(F)C(C)CC(C)=C1. The second-order valence-electron chi connectivity index (χ2n) is 3.87. The lowest BCUT2D eigenvalue weighted by atomic mass is 9.92. The highest BCUT2D eigenvalue weighted by molar-refractivity contribution is 5.22. The molecule has 2 unspecified atom stereocenters. The Labute approximate surface area is 74.2 Å². The number of rotatable bonds is 0. The Morgan fingerprint density at radius 1 is 1.42 bits per heavy atom. The fourth-order valence-corrected chi connectivity index (χ4v) is 1.67. The third kappa shape index (κ3) is 2.47. The Kier molecular flexibility index (Phi) is 3.07. The molecule has 1 rings (SSSR count). The van der Waals surface area contributed by atoms with E-state index in [1.54, 1.807) is 0 Å². The van der Waals surface area contributed by atoms with Gasteiger partial charge in [-0.3, -0.25) is 0 Å². The monoisotopic (exact) mass is 168 g/mol. The average molecular weight is 168 g/mol. The molecule has 1 aliphatic rings. The molecule has 0 saturated carbocycles. The van der Waals surface area contributed by atoms with E-state index in [1.165, 1.54) is 11.1 Å². The maximum Gasteiger partial charge on any atom is 0.106 e. The lowest BCUT2D eigenvalue weighted by Gasteiger charge is -2.18. The first-order valence-electron chi connectivity index (χ1n) is 4.57. The summed E-state index contributed by atoms with van der Waals surface area (Å²) in [6, 6.07) is 0. The van der Waals surface area contributed by atoms with E-state index < -0.39 is 6.17 Å². The van der Waals surface area contributed by atoms with Crippen molar-refractivity contribution in [2.45, 2.75) is 39.8 Å². The first kappa shape index (κ1) is 9.50. The molecule has 0 nitrogen and oxygen atoms in total. The third-order valence-electron chi connectivity index (χ3n) is 2.40. The third-order valence-corrected chi connectivity index (χ3v) is 2.40. The molecular weight excluding hydrogens is 151 g/mol. The predicted octanol–water partition coefficient (Wildman–Crippen LogP) is 3.65. The number of hydrogen-bond donors (Lipinski definition) is 0. The van der Waals surface area contributed by atoms with E-state index in [2.05, 4.69) is 13.0 Å². The van der Waals surface area contributed by atoms with Crippen LogP contribution in [0.1, 0.15) is 33.6 Å². The highest BCUT2D eigenvalue weighted by Gasteiger charge is 2.16. The van der Waals surface area contributed by atoms with Crippen molar-refractivity contribution in [2.75, 3.05) is 0 Å². The Morgan fingerprint density at radius 3 is 2.75 bits per heavy atom. The van der Waals surface area contributed by atoms with Crippen LogP contribution < -0.4 is 0 Å². The molecule has 0 spiro atoms. The predicted molar refractivity (Wildman–Crippen MR) is 50.8 cm³/mol. The first-order valence-corrected chi connectivity index (χ1v) is 4.57. The molecule has 0 fully saturated rings. The molecule has 68 valence electrons. The first-order chi connectivity index (χ1) is 5.59. The summed E-state index contributed by atoms with van der Waals surface area (Å²) in [4.78, 5) is 0. The van der Waals surface area contributed by atoms with Gasteiger partial charge in [0.05, 0.1) is 0 Å². The number of halogens is 1. The van der Waals surface area contributed by atoms with Gasteiger partial charge in [0.2, 0.25) is 0 Å². The van der Waals surface area contributed by atoms with Crippen molar-refractivity contribution in [1.82, 2.24) is 0 Å². The molecule has 0 bridgehead atoms. The molecule has 0 aromatic rings. The van der Waals surface area contributed by atoms with Crippen molar-refractivity contribution in [3.63, 3.8) is 0 Å². The van der Waals surface area contributed by atoms with Gasteiger partial charge in [0.1, 0.15) is 6.17 Å². The van der Waals surface area contributed by atoms with E-state index in [4.69, 9.17) is 0 Å². The summed E-state index contributed by atoms with van der Waals surface area (Å²) in [6.07, 6.45) is 4.96. The summed E-state index contributed by atoms with van der Waals surface area (Å²) in [6.45, 7) is 6.09. The highest BCUT2D eigenvalue weighted by atomic mass is 19.1. The summed E-state index contributed by atoms with van der Waals surface area (Å²) in [5.74, 6) is 0.172. The largest absolute Gasteiger partial charge is 0.247 e. The normalized spacial score (nSPS) is 31.7. The lowest BCUT2D eigenvalue weighted by molar-refractivity contribution is 0.241. The van der Waals surface area contributed by atoms with Crippen LogP contribution in [0.4, 0.5) is 4.39 Å². The van der Waals surface area contributed by atoms with Crippen LogP contribution in [-0.2, 0) is 0 Å². The van der Waals surface area contributed by atoms with Gasteiger partial charge in [-0.25, -0.2) is 4.39 Å². The zero-order valence-electron chi connectivity index (χ0n) is 8.10. The highest BCUT2D eigenvalue weighted by Crippen LogP contribution is 2.23. The van der Waals surface area contributed by atoms with Gasteiger partial charge >= 0.3 is 0 Å². The number of allylic oxidation sites excluding steroid dienone is 4. The zero-order chi connectivity index (χ0) is 9.14. The Hall–Kier alpha value is -0.590. The van der Waals surface area contributed by atoms with E-state index >= 15 is 0 Å². The van der Waals surface area contributed by atoms with Gasteiger partial charge in [-0.05, 0) is 32.6 Å². The van der Waals surface area contributed by atoms with Crippen LogP contribution in [0.15, 0.2) is 23.3 Å². The summed E-state index contributed by atoms with van der Waals surface area (Å²) < 4.78 is 13.3. The molecule has 12 heavy (non-hydrogen) atoms. The summed E-state index contributed by atoms with van der Waals surface area (Å²) in [5.41, 5.74) is 2.49. The molecule has 0 amide bonds. The summed E-state index contributed by atoms with van der Waals surface area (Å²) >= 11 is 0. The smallest absolute Gasteiger partial charge is 0.106 e. The Morgan fingerprint density at radius 2 is 2.08 bits per heavy atom. The van der Waals surface area contributed by atoms with Crippen molar-refractivity contribution in [2.24, 2.45) is 5.92 Å². The molecule has 1 aliphatic carbocycles. The maximum atomic E-state index is 13.3.